The van der Waals surface area contributed by atoms with Gasteiger partial charge in [0.1, 0.15) is 4.99 Å². The van der Waals surface area contributed by atoms with Crippen molar-refractivity contribution >= 4 is 17.2 Å². The van der Waals surface area contributed by atoms with Crippen LogP contribution in [0.15, 0.2) is 18.3 Å². The van der Waals surface area contributed by atoms with Gasteiger partial charge in [-0.1, -0.05) is 12.2 Å². The van der Waals surface area contributed by atoms with E-state index in [9.17, 15) is 0 Å². The first-order valence-corrected chi connectivity index (χ1v) is 5.16. The van der Waals surface area contributed by atoms with Crippen LogP contribution >= 0.6 is 12.2 Å². The molecule has 0 saturated heterocycles. The van der Waals surface area contributed by atoms with Crippen molar-refractivity contribution in [3.63, 3.8) is 0 Å². The maximum Gasteiger partial charge on any atom is 0.254 e. The average molecular weight is 233 g/mol. The highest BCUT2D eigenvalue weighted by atomic mass is 32.1. The van der Waals surface area contributed by atoms with E-state index in [1.54, 1.807) is 10.8 Å². The van der Waals surface area contributed by atoms with Crippen molar-refractivity contribution in [3.8, 4) is 5.95 Å². The maximum atomic E-state index is 5.60. The summed E-state index contributed by atoms with van der Waals surface area (Å²) in [5.41, 5.74) is 7.96. The number of hydrogen-bond acceptors (Lipinski definition) is 4. The quantitative estimate of drug-likeness (QED) is 0.781. The van der Waals surface area contributed by atoms with Crippen molar-refractivity contribution in [2.24, 2.45) is 5.73 Å². The number of aryl methyl sites for hydroxylation is 2. The van der Waals surface area contributed by atoms with Gasteiger partial charge in [-0.2, -0.15) is 5.10 Å². The van der Waals surface area contributed by atoms with Gasteiger partial charge in [0, 0.05) is 6.20 Å². The molecule has 0 unspecified atom stereocenters. The van der Waals surface area contributed by atoms with Crippen LogP contribution < -0.4 is 5.73 Å². The fraction of sp³-hybridized carbons (Fsp3) is 0.200. The average Bonchev–Trinajstić information content (AvgIpc) is 2.71. The van der Waals surface area contributed by atoms with E-state index in [0.717, 1.165) is 11.4 Å². The molecule has 0 bridgehead atoms. The highest BCUT2D eigenvalue weighted by Crippen LogP contribution is 2.09. The van der Waals surface area contributed by atoms with Gasteiger partial charge < -0.3 is 5.73 Å². The minimum absolute atomic E-state index is 0.312. The Kier molecular flexibility index (Phi) is 2.66. The molecule has 2 heterocycles. The van der Waals surface area contributed by atoms with E-state index in [-0.39, 0.29) is 0 Å². The van der Waals surface area contributed by atoms with Crippen LogP contribution in [0.5, 0.6) is 0 Å². The van der Waals surface area contributed by atoms with Gasteiger partial charge in [0.05, 0.1) is 17.1 Å². The van der Waals surface area contributed by atoms with Gasteiger partial charge in [-0.25, -0.2) is 4.98 Å². The summed E-state index contributed by atoms with van der Waals surface area (Å²) in [6.07, 6.45) is 1.81. The van der Waals surface area contributed by atoms with E-state index in [1.165, 1.54) is 0 Å². The summed E-state index contributed by atoms with van der Waals surface area (Å²) in [7, 11) is 0. The lowest BCUT2D eigenvalue weighted by Gasteiger charge is -2.06. The molecule has 0 aliphatic heterocycles. The summed E-state index contributed by atoms with van der Waals surface area (Å²) >= 11 is 4.94. The molecule has 2 rings (SSSR count). The fourth-order valence-electron chi connectivity index (χ4n) is 1.30. The molecule has 0 fully saturated rings. The highest BCUT2D eigenvalue weighted by molar-refractivity contribution is 7.80. The van der Waals surface area contributed by atoms with Crippen LogP contribution in [0.25, 0.3) is 5.95 Å². The number of nitrogens with two attached hydrogens (primary N) is 1. The van der Waals surface area contributed by atoms with Gasteiger partial charge in [-0.15, -0.1) is 5.10 Å². The van der Waals surface area contributed by atoms with Crippen LogP contribution in [0.3, 0.4) is 0 Å². The molecule has 2 N–H and O–H groups in total. The molecule has 6 heteroatoms. The SMILES string of the molecule is Cc1nnc(-n2cccc2C(N)=S)nc1C. The number of aromatic nitrogens is 4. The molecule has 0 spiro atoms. The molecule has 0 aromatic carbocycles. The van der Waals surface area contributed by atoms with Crippen LogP contribution in [0.1, 0.15) is 17.1 Å². The van der Waals surface area contributed by atoms with Crippen molar-refractivity contribution in [1.29, 1.82) is 0 Å². The van der Waals surface area contributed by atoms with Crippen molar-refractivity contribution in [2.75, 3.05) is 0 Å². The molecule has 2 aromatic rings. The van der Waals surface area contributed by atoms with E-state index in [0.29, 0.717) is 16.6 Å². The second kappa shape index (κ2) is 3.97. The smallest absolute Gasteiger partial charge is 0.254 e. The highest BCUT2D eigenvalue weighted by Gasteiger charge is 2.09. The molecule has 5 nitrogen and oxygen atoms in total. The maximum absolute atomic E-state index is 5.60. The Bertz CT molecular complexity index is 546. The zero-order chi connectivity index (χ0) is 11.7. The van der Waals surface area contributed by atoms with E-state index in [1.807, 2.05) is 26.0 Å². The van der Waals surface area contributed by atoms with Crippen molar-refractivity contribution in [2.45, 2.75) is 13.8 Å². The lowest BCUT2D eigenvalue weighted by atomic mass is 10.4. The zero-order valence-corrected chi connectivity index (χ0v) is 9.82. The Hall–Kier alpha value is -1.82. The lowest BCUT2D eigenvalue weighted by molar-refractivity contribution is 0.815. The van der Waals surface area contributed by atoms with E-state index < -0.39 is 0 Å². The van der Waals surface area contributed by atoms with Crippen molar-refractivity contribution in [1.82, 2.24) is 19.7 Å². The van der Waals surface area contributed by atoms with Gasteiger partial charge >= 0.3 is 0 Å². The first-order chi connectivity index (χ1) is 7.59. The van der Waals surface area contributed by atoms with Gasteiger partial charge in [-0.05, 0) is 26.0 Å². The summed E-state index contributed by atoms with van der Waals surface area (Å²) in [5, 5.41) is 8.03. The van der Waals surface area contributed by atoms with E-state index in [2.05, 4.69) is 15.2 Å². The molecule has 2 aromatic heterocycles. The van der Waals surface area contributed by atoms with E-state index >= 15 is 0 Å². The summed E-state index contributed by atoms with van der Waals surface area (Å²) in [6, 6.07) is 3.66. The number of hydrogen-bond donors (Lipinski definition) is 1. The second-order valence-corrected chi connectivity index (χ2v) is 3.85. The first kappa shape index (κ1) is 10.7. The van der Waals surface area contributed by atoms with Crippen LogP contribution in [0.4, 0.5) is 0 Å². The fourth-order valence-corrected chi connectivity index (χ4v) is 1.47. The summed E-state index contributed by atoms with van der Waals surface area (Å²) in [5.74, 6) is 0.482. The standard InChI is InChI=1S/C10H11N5S/c1-6-7(2)13-14-10(12-6)15-5-3-4-8(15)9(11)16/h3-5H,1-2H3,(H2,11,16). The summed E-state index contributed by atoms with van der Waals surface area (Å²) in [6.45, 7) is 3.75. The number of rotatable bonds is 2. The molecule has 0 atom stereocenters. The number of nitrogens with zero attached hydrogens (tertiary/aromatic N) is 4. The largest absolute Gasteiger partial charge is 0.388 e. The lowest BCUT2D eigenvalue weighted by Crippen LogP contribution is -2.16. The number of thiocarbonyl (C=S) groups is 1. The van der Waals surface area contributed by atoms with Gasteiger partial charge in [0.15, 0.2) is 0 Å². The van der Waals surface area contributed by atoms with Crippen molar-refractivity contribution < 1.29 is 0 Å². The topological polar surface area (TPSA) is 69.6 Å². The Labute approximate surface area is 98.3 Å². The first-order valence-electron chi connectivity index (χ1n) is 4.75. The molecule has 16 heavy (non-hydrogen) atoms. The normalized spacial score (nSPS) is 10.4. The van der Waals surface area contributed by atoms with Gasteiger partial charge in [0.2, 0.25) is 0 Å². The molecule has 0 aliphatic rings. The zero-order valence-electron chi connectivity index (χ0n) is 9.01. The third-order valence-corrected chi connectivity index (χ3v) is 2.51. The van der Waals surface area contributed by atoms with E-state index in [4.69, 9.17) is 18.0 Å². The molecule has 82 valence electrons. The van der Waals surface area contributed by atoms with Crippen molar-refractivity contribution in [3.05, 3.63) is 35.4 Å². The predicted octanol–water partition coefficient (Wildman–Crippen LogP) is 0.913. The van der Waals surface area contributed by atoms with Crippen LogP contribution in [-0.4, -0.2) is 24.7 Å². The summed E-state index contributed by atoms with van der Waals surface area (Å²) in [4.78, 5) is 4.64. The second-order valence-electron chi connectivity index (χ2n) is 3.41. The molecular formula is C10H11N5S. The van der Waals surface area contributed by atoms with Crippen LogP contribution in [-0.2, 0) is 0 Å². The predicted molar refractivity (Wildman–Crippen MR) is 64.5 cm³/mol. The molecular weight excluding hydrogens is 222 g/mol. The monoisotopic (exact) mass is 233 g/mol. The summed E-state index contributed by atoms with van der Waals surface area (Å²) < 4.78 is 1.72. The molecule has 0 radical (unpaired) electrons. The third kappa shape index (κ3) is 1.79. The van der Waals surface area contributed by atoms with Crippen LogP contribution in [0.2, 0.25) is 0 Å². The third-order valence-electron chi connectivity index (χ3n) is 2.30. The molecule has 0 amide bonds. The molecule has 0 saturated carbocycles. The Morgan fingerprint density at radius 2 is 2.06 bits per heavy atom. The molecule has 0 aliphatic carbocycles. The Morgan fingerprint density at radius 1 is 1.31 bits per heavy atom. The van der Waals surface area contributed by atoms with Crippen LogP contribution in [0, 0.1) is 13.8 Å². The minimum atomic E-state index is 0.312. The minimum Gasteiger partial charge on any atom is -0.388 e. The van der Waals surface area contributed by atoms with Gasteiger partial charge in [-0.3, -0.25) is 4.57 Å². The Morgan fingerprint density at radius 3 is 2.69 bits per heavy atom. The van der Waals surface area contributed by atoms with Gasteiger partial charge in [0.25, 0.3) is 5.95 Å². The Balaban J connectivity index is 2.54.